The summed E-state index contributed by atoms with van der Waals surface area (Å²) >= 11 is 0. The molecule has 2 aliphatic rings. The fourth-order valence-corrected chi connectivity index (χ4v) is 3.54. The normalized spacial score (nSPS) is 16.1. The van der Waals surface area contributed by atoms with E-state index >= 15 is 0 Å². The summed E-state index contributed by atoms with van der Waals surface area (Å²) in [6.45, 7) is 1.68. The number of pyridine rings is 1. The molecule has 0 unspecified atom stereocenters. The Labute approximate surface area is 185 Å². The number of nitrogens with zero attached hydrogens (tertiary/aromatic N) is 2. The number of anilines is 1. The summed E-state index contributed by atoms with van der Waals surface area (Å²) in [7, 11) is 0. The molecule has 1 aromatic heterocycles. The minimum Gasteiger partial charge on any atom is -0.349 e. The Morgan fingerprint density at radius 2 is 1.84 bits per heavy atom. The Bertz CT molecular complexity index is 989. The van der Waals surface area contributed by atoms with Crippen molar-refractivity contribution >= 4 is 35.7 Å². The lowest BCUT2D eigenvalue weighted by Crippen LogP contribution is -2.42. The average Bonchev–Trinajstić information content (AvgIpc) is 3.60. The largest absolute Gasteiger partial charge is 0.349 e. The molecular formula is C21H24ClN5O4. The van der Waals surface area contributed by atoms with Crippen molar-refractivity contribution in [2.45, 2.75) is 31.7 Å². The third-order valence-corrected chi connectivity index (χ3v) is 5.40. The molecule has 2 heterocycles. The highest BCUT2D eigenvalue weighted by molar-refractivity contribution is 5.97. The van der Waals surface area contributed by atoms with Gasteiger partial charge in [-0.1, -0.05) is 0 Å². The molecule has 1 aromatic carbocycles. The van der Waals surface area contributed by atoms with Crippen molar-refractivity contribution in [3.8, 4) is 11.1 Å². The van der Waals surface area contributed by atoms with Crippen molar-refractivity contribution < 1.29 is 14.5 Å². The van der Waals surface area contributed by atoms with E-state index in [1.165, 1.54) is 12.3 Å². The first-order chi connectivity index (χ1) is 14.5. The zero-order valence-corrected chi connectivity index (χ0v) is 17.6. The van der Waals surface area contributed by atoms with E-state index in [9.17, 15) is 19.7 Å². The highest BCUT2D eigenvalue weighted by Gasteiger charge is 2.30. The maximum atomic E-state index is 12.6. The molecule has 3 N–H and O–H groups in total. The SMILES string of the molecule is Cl.O=C(NC1CCNCC1)c1ccc(-c2ccnc(NC(=O)C3CC3)c2)c([N+](=O)[O-])c1. The van der Waals surface area contributed by atoms with Gasteiger partial charge in [-0.2, -0.15) is 0 Å². The summed E-state index contributed by atoms with van der Waals surface area (Å²) in [4.78, 5) is 39.9. The monoisotopic (exact) mass is 445 g/mol. The lowest BCUT2D eigenvalue weighted by Gasteiger charge is -2.23. The zero-order chi connectivity index (χ0) is 21.1. The van der Waals surface area contributed by atoms with Gasteiger partial charge in [0.2, 0.25) is 5.91 Å². The number of nitro groups is 1. The Morgan fingerprint density at radius 3 is 2.52 bits per heavy atom. The third-order valence-electron chi connectivity index (χ3n) is 5.40. The van der Waals surface area contributed by atoms with Crippen LogP contribution < -0.4 is 16.0 Å². The Hall–Kier alpha value is -3.04. The number of hydrogen-bond donors (Lipinski definition) is 3. The first kappa shape index (κ1) is 22.6. The lowest BCUT2D eigenvalue weighted by atomic mass is 10.0. The van der Waals surface area contributed by atoms with Gasteiger partial charge in [0.15, 0.2) is 0 Å². The van der Waals surface area contributed by atoms with E-state index in [4.69, 9.17) is 0 Å². The number of hydrogen-bond acceptors (Lipinski definition) is 6. The molecule has 0 bridgehead atoms. The quantitative estimate of drug-likeness (QED) is 0.463. The second kappa shape index (κ2) is 9.84. The first-order valence-corrected chi connectivity index (χ1v) is 10.1. The van der Waals surface area contributed by atoms with Crippen LogP contribution in [0.2, 0.25) is 0 Å². The predicted molar refractivity (Wildman–Crippen MR) is 118 cm³/mol. The minimum atomic E-state index is -0.500. The van der Waals surface area contributed by atoms with Crippen LogP contribution in [-0.4, -0.2) is 40.9 Å². The number of carbonyl (C=O) groups excluding carboxylic acids is 2. The molecule has 1 saturated carbocycles. The highest BCUT2D eigenvalue weighted by Crippen LogP contribution is 2.33. The van der Waals surface area contributed by atoms with Gasteiger partial charge in [0.05, 0.1) is 10.5 Å². The summed E-state index contributed by atoms with van der Waals surface area (Å²) in [5.41, 5.74) is 0.995. The molecule has 1 saturated heterocycles. The molecule has 10 heteroatoms. The van der Waals surface area contributed by atoms with Gasteiger partial charge in [-0.05, 0) is 68.6 Å². The number of carbonyl (C=O) groups is 2. The van der Waals surface area contributed by atoms with Crippen LogP contribution in [0.15, 0.2) is 36.5 Å². The van der Waals surface area contributed by atoms with Crippen LogP contribution in [-0.2, 0) is 4.79 Å². The summed E-state index contributed by atoms with van der Waals surface area (Å²) < 4.78 is 0. The van der Waals surface area contributed by atoms with Crippen LogP contribution >= 0.6 is 12.4 Å². The maximum Gasteiger partial charge on any atom is 0.277 e. The summed E-state index contributed by atoms with van der Waals surface area (Å²) in [5, 5.41) is 20.6. The van der Waals surface area contributed by atoms with Crippen molar-refractivity contribution in [2.75, 3.05) is 18.4 Å². The van der Waals surface area contributed by atoms with E-state index in [0.717, 1.165) is 38.8 Å². The van der Waals surface area contributed by atoms with Crippen molar-refractivity contribution in [3.63, 3.8) is 0 Å². The van der Waals surface area contributed by atoms with Crippen molar-refractivity contribution in [1.82, 2.24) is 15.6 Å². The fraction of sp³-hybridized carbons (Fsp3) is 0.381. The van der Waals surface area contributed by atoms with Gasteiger partial charge in [0.1, 0.15) is 5.82 Å². The van der Waals surface area contributed by atoms with Crippen LogP contribution in [0.1, 0.15) is 36.0 Å². The van der Waals surface area contributed by atoms with Crippen LogP contribution in [0.25, 0.3) is 11.1 Å². The van der Waals surface area contributed by atoms with Crippen molar-refractivity contribution in [1.29, 1.82) is 0 Å². The van der Waals surface area contributed by atoms with Crippen LogP contribution in [0, 0.1) is 16.0 Å². The van der Waals surface area contributed by atoms with E-state index in [1.807, 2.05) is 0 Å². The molecule has 1 aliphatic heterocycles. The fourth-order valence-electron chi connectivity index (χ4n) is 3.54. The van der Waals surface area contributed by atoms with Gasteiger partial charge in [-0.3, -0.25) is 19.7 Å². The number of nitro benzene ring substituents is 1. The van der Waals surface area contributed by atoms with Gasteiger partial charge in [-0.25, -0.2) is 4.98 Å². The Kier molecular flexibility index (Phi) is 7.19. The van der Waals surface area contributed by atoms with Gasteiger partial charge in [0.25, 0.3) is 11.6 Å². The molecule has 164 valence electrons. The number of rotatable bonds is 6. The van der Waals surface area contributed by atoms with Crippen LogP contribution in [0.4, 0.5) is 11.5 Å². The molecule has 4 rings (SSSR count). The molecule has 0 spiro atoms. The smallest absolute Gasteiger partial charge is 0.277 e. The van der Waals surface area contributed by atoms with E-state index in [0.29, 0.717) is 16.9 Å². The summed E-state index contributed by atoms with van der Waals surface area (Å²) in [5.74, 6) is -0.0169. The van der Waals surface area contributed by atoms with Gasteiger partial charge in [-0.15, -0.1) is 12.4 Å². The lowest BCUT2D eigenvalue weighted by molar-refractivity contribution is -0.384. The molecule has 2 amide bonds. The second-order valence-electron chi connectivity index (χ2n) is 7.68. The highest BCUT2D eigenvalue weighted by atomic mass is 35.5. The predicted octanol–water partition coefficient (Wildman–Crippen LogP) is 2.91. The Morgan fingerprint density at radius 1 is 1.10 bits per heavy atom. The van der Waals surface area contributed by atoms with Crippen molar-refractivity contribution in [2.24, 2.45) is 5.92 Å². The summed E-state index contributed by atoms with van der Waals surface area (Å²) in [6.07, 6.45) is 4.91. The second-order valence-corrected chi connectivity index (χ2v) is 7.68. The van der Waals surface area contributed by atoms with Crippen molar-refractivity contribution in [3.05, 3.63) is 52.2 Å². The molecule has 2 fully saturated rings. The molecule has 0 atom stereocenters. The third kappa shape index (κ3) is 5.56. The maximum absolute atomic E-state index is 12.6. The van der Waals surface area contributed by atoms with E-state index in [1.54, 1.807) is 24.3 Å². The summed E-state index contributed by atoms with van der Waals surface area (Å²) in [6, 6.07) is 7.77. The number of aromatic nitrogens is 1. The van der Waals surface area contributed by atoms with Crippen LogP contribution in [0.3, 0.4) is 0 Å². The molecule has 2 aromatic rings. The number of benzene rings is 1. The van der Waals surface area contributed by atoms with E-state index in [2.05, 4.69) is 20.9 Å². The number of amides is 2. The van der Waals surface area contributed by atoms with Gasteiger partial charge < -0.3 is 16.0 Å². The molecule has 0 radical (unpaired) electrons. The standard InChI is InChI=1S/C21H23N5O4.ClH/c27-20(13-1-2-13)25-19-12-14(5-10-23-19)17-4-3-15(11-18(17)26(29)30)21(28)24-16-6-8-22-9-7-16;/h3-5,10-13,16,22H,1-2,6-9H2,(H,24,28)(H,23,25,27);1H. The van der Waals surface area contributed by atoms with E-state index in [-0.39, 0.29) is 47.4 Å². The average molecular weight is 446 g/mol. The number of nitrogens with one attached hydrogen (secondary N) is 3. The van der Waals surface area contributed by atoms with Crippen LogP contribution in [0.5, 0.6) is 0 Å². The van der Waals surface area contributed by atoms with Gasteiger partial charge in [0, 0.05) is 29.8 Å². The molecule has 9 nitrogen and oxygen atoms in total. The Balaban J connectivity index is 0.00000272. The molecular weight excluding hydrogens is 422 g/mol. The zero-order valence-electron chi connectivity index (χ0n) is 16.8. The number of halogens is 1. The van der Waals surface area contributed by atoms with Gasteiger partial charge >= 0.3 is 0 Å². The molecule has 31 heavy (non-hydrogen) atoms. The minimum absolute atomic E-state index is 0. The molecule has 1 aliphatic carbocycles. The number of piperidine rings is 1. The first-order valence-electron chi connectivity index (χ1n) is 10.1. The topological polar surface area (TPSA) is 126 Å². The van der Waals surface area contributed by atoms with E-state index < -0.39 is 4.92 Å².